The van der Waals surface area contributed by atoms with Crippen LogP contribution < -0.4 is 4.74 Å². The average molecular weight is 332 g/mol. The molecule has 0 aliphatic rings. The van der Waals surface area contributed by atoms with Crippen molar-refractivity contribution in [3.8, 4) is 5.75 Å². The van der Waals surface area contributed by atoms with E-state index in [0.29, 0.717) is 10.3 Å². The van der Waals surface area contributed by atoms with Crippen LogP contribution in [0.15, 0.2) is 54.7 Å². The molecule has 0 atom stereocenters. The molecule has 1 aromatic heterocycles. The normalized spacial score (nSPS) is 20.6. The second kappa shape index (κ2) is 7.35. The molecule has 3 heteroatoms. The second-order valence-corrected chi connectivity index (χ2v) is 4.97. The van der Waals surface area contributed by atoms with Crippen LogP contribution in [0.4, 0.5) is 0 Å². The van der Waals surface area contributed by atoms with Gasteiger partial charge < -0.3 is 9.30 Å². The molecular formula is C21H23NO2. The Balaban J connectivity index is 2.20. The Morgan fingerprint density at radius 2 is 1.96 bits per heavy atom. The first kappa shape index (κ1) is 7.56. The van der Waals surface area contributed by atoms with Gasteiger partial charge in [0, 0.05) is 49.8 Å². The molecule has 0 saturated heterocycles. The predicted octanol–water partition coefficient (Wildman–Crippen LogP) is 5.07. The fourth-order valence-electron chi connectivity index (χ4n) is 2.47. The molecule has 124 valence electrons. The molecule has 0 saturated carbocycles. The van der Waals surface area contributed by atoms with Crippen LogP contribution >= 0.6 is 0 Å². The topological polar surface area (TPSA) is 31.2 Å². The highest BCUT2D eigenvalue weighted by atomic mass is 16.5. The van der Waals surface area contributed by atoms with Crippen molar-refractivity contribution in [2.75, 3.05) is 7.11 Å². The van der Waals surface area contributed by atoms with Gasteiger partial charge in [0.15, 0.2) is 5.78 Å². The van der Waals surface area contributed by atoms with E-state index in [4.69, 9.17) is 19.8 Å². The van der Waals surface area contributed by atoms with Crippen molar-refractivity contribution in [3.05, 3.63) is 65.9 Å². The van der Waals surface area contributed by atoms with Gasteiger partial charge >= 0.3 is 0 Å². The summed E-state index contributed by atoms with van der Waals surface area (Å²) in [5.41, 5.74) is 0.291. The summed E-state index contributed by atoms with van der Waals surface area (Å²) in [5, 5.41) is 0.257. The monoisotopic (exact) mass is 332 g/mol. The summed E-state index contributed by atoms with van der Waals surface area (Å²) >= 11 is 0. The largest absolute Gasteiger partial charge is 0.497 e. The first-order valence-electron chi connectivity index (χ1n) is 12.7. The van der Waals surface area contributed by atoms with Crippen molar-refractivity contribution in [1.82, 2.24) is 4.57 Å². The van der Waals surface area contributed by atoms with Gasteiger partial charge in [-0.05, 0) is 36.7 Å². The summed E-state index contributed by atoms with van der Waals surface area (Å²) in [6.45, 7) is -6.89. The van der Waals surface area contributed by atoms with E-state index in [0.717, 1.165) is 6.20 Å². The van der Waals surface area contributed by atoms with Gasteiger partial charge in [-0.3, -0.25) is 4.79 Å². The van der Waals surface area contributed by atoms with Gasteiger partial charge in [-0.15, -0.1) is 0 Å². The highest BCUT2D eigenvalue weighted by Crippen LogP contribution is 2.25. The van der Waals surface area contributed by atoms with E-state index in [1.54, 1.807) is 18.2 Å². The fourth-order valence-corrected chi connectivity index (χ4v) is 2.47. The van der Waals surface area contributed by atoms with Crippen LogP contribution in [-0.2, 0) is 6.50 Å². The lowest BCUT2D eigenvalue weighted by atomic mass is 10.0. The minimum Gasteiger partial charge on any atom is -0.497 e. The summed E-state index contributed by atoms with van der Waals surface area (Å²) < 4.78 is 93.4. The number of methoxy groups -OCH3 is 1. The molecule has 0 aliphatic carbocycles. The van der Waals surface area contributed by atoms with E-state index < -0.39 is 38.3 Å². The van der Waals surface area contributed by atoms with E-state index in [-0.39, 0.29) is 22.0 Å². The zero-order valence-electron chi connectivity index (χ0n) is 24.0. The molecule has 3 nitrogen and oxygen atoms in total. The third-order valence-electron chi connectivity index (χ3n) is 3.61. The number of rotatable bonds is 7. The maximum Gasteiger partial charge on any atom is 0.195 e. The van der Waals surface area contributed by atoms with Gasteiger partial charge in [0.05, 0.1) is 7.11 Å². The molecule has 0 spiro atoms. The minimum atomic E-state index is -3.81. The number of para-hydroxylation sites is 1. The van der Waals surface area contributed by atoms with Crippen LogP contribution in [0, 0.1) is 0 Å². The smallest absolute Gasteiger partial charge is 0.195 e. The van der Waals surface area contributed by atoms with Crippen LogP contribution in [0.1, 0.15) is 57.0 Å². The summed E-state index contributed by atoms with van der Waals surface area (Å²) in [4.78, 5) is 13.3. The quantitative estimate of drug-likeness (QED) is 0.566. The van der Waals surface area contributed by atoms with Crippen LogP contribution in [0.2, 0.25) is 0 Å². The standard InChI is InChI=1S/C21H23NO2/c1-3-4-7-14-22-15-19(18-8-5-6-9-20(18)22)21(23)16-10-12-17(24-2)13-11-16/h5-6,8-13,15H,3-4,7,14H2,1-2H3/i1D3,3D2,4D2,7D2,14D2. The maximum atomic E-state index is 13.3. The van der Waals surface area contributed by atoms with Gasteiger partial charge in [0.1, 0.15) is 5.75 Å². The summed E-state index contributed by atoms with van der Waals surface area (Å²) in [5.74, 6) is -0.000868. The number of benzene rings is 2. The highest BCUT2D eigenvalue weighted by Gasteiger charge is 2.16. The number of nitrogens with zero attached hydrogens (tertiary/aromatic N) is 1. The lowest BCUT2D eigenvalue weighted by molar-refractivity contribution is 0.104. The van der Waals surface area contributed by atoms with Crippen molar-refractivity contribution >= 4 is 16.7 Å². The Hall–Kier alpha value is -2.55. The zero-order chi connectivity index (χ0) is 26.6. The number of aromatic nitrogens is 1. The molecule has 0 N–H and O–H groups in total. The lowest BCUT2D eigenvalue weighted by Crippen LogP contribution is -2.01. The third kappa shape index (κ3) is 3.21. The number of carbonyl (C=O) groups excluding carboxylic acids is 1. The molecule has 0 fully saturated rings. The van der Waals surface area contributed by atoms with Gasteiger partial charge in [0.2, 0.25) is 0 Å². The number of hydrogen-bond donors (Lipinski definition) is 0. The molecule has 3 aromatic rings. The number of ether oxygens (including phenoxy) is 1. The second-order valence-electron chi connectivity index (χ2n) is 4.97. The first-order chi connectivity index (χ1) is 15.9. The number of ketones is 1. The summed E-state index contributed by atoms with van der Waals surface area (Å²) in [7, 11) is 1.47. The van der Waals surface area contributed by atoms with E-state index in [1.165, 1.54) is 37.4 Å². The van der Waals surface area contributed by atoms with Gasteiger partial charge in [-0.25, -0.2) is 0 Å². The minimum absolute atomic E-state index is 0.00448. The van der Waals surface area contributed by atoms with E-state index in [9.17, 15) is 4.79 Å². The number of fused-ring (bicyclic) bond motifs is 1. The van der Waals surface area contributed by atoms with Crippen molar-refractivity contribution in [2.24, 2.45) is 0 Å². The Bertz CT molecular complexity index is 1240. The Morgan fingerprint density at radius 3 is 2.71 bits per heavy atom. The molecule has 0 amide bonds. The summed E-state index contributed by atoms with van der Waals surface area (Å²) in [6.07, 6.45) is -10.2. The van der Waals surface area contributed by atoms with Gasteiger partial charge in [0.25, 0.3) is 0 Å². The third-order valence-corrected chi connectivity index (χ3v) is 3.61. The average Bonchev–Trinajstić information content (AvgIpc) is 3.18. The maximum absolute atomic E-state index is 13.3. The van der Waals surface area contributed by atoms with Crippen LogP contribution in [0.5, 0.6) is 5.75 Å². The van der Waals surface area contributed by atoms with Crippen molar-refractivity contribution in [3.63, 3.8) is 0 Å². The molecule has 1 heterocycles. The molecule has 3 rings (SSSR count). The van der Waals surface area contributed by atoms with Crippen LogP contribution in [0.25, 0.3) is 10.9 Å². The molecule has 0 aliphatic heterocycles. The van der Waals surface area contributed by atoms with Crippen molar-refractivity contribution < 1.29 is 24.6 Å². The molecule has 0 unspecified atom stereocenters. The predicted molar refractivity (Wildman–Crippen MR) is 97.9 cm³/mol. The van der Waals surface area contributed by atoms with Gasteiger partial charge in [-0.1, -0.05) is 37.8 Å². The van der Waals surface area contributed by atoms with Crippen molar-refractivity contribution in [2.45, 2.75) is 32.5 Å². The number of carbonyl (C=O) groups is 1. The Kier molecular flexibility index (Phi) is 2.31. The summed E-state index contributed by atoms with van der Waals surface area (Å²) in [6, 6.07) is 12.2. The first-order valence-corrected chi connectivity index (χ1v) is 7.21. The van der Waals surface area contributed by atoms with E-state index >= 15 is 0 Å². The molecule has 2 aromatic carbocycles. The van der Waals surface area contributed by atoms with E-state index in [1.807, 2.05) is 0 Å². The zero-order valence-corrected chi connectivity index (χ0v) is 13.0. The molecule has 24 heavy (non-hydrogen) atoms. The molecular weight excluding hydrogens is 298 g/mol. The van der Waals surface area contributed by atoms with Gasteiger partial charge in [-0.2, -0.15) is 0 Å². The fraction of sp³-hybridized carbons (Fsp3) is 0.286. The number of hydrogen-bond acceptors (Lipinski definition) is 2. The molecule has 0 radical (unpaired) electrons. The SMILES string of the molecule is [2H]C([2H])([2H])C([2H])([2H])C([2H])([2H])C([2H])([2H])C([2H])([2H])n1cc(C(=O)c2ccc(OC)cc2)c2ccccc21. The lowest BCUT2D eigenvalue weighted by Gasteiger charge is -2.03. The number of aryl methyl sites for hydroxylation is 1. The van der Waals surface area contributed by atoms with E-state index in [2.05, 4.69) is 0 Å². The molecule has 0 bridgehead atoms. The Morgan fingerprint density at radius 1 is 1.17 bits per heavy atom. The highest BCUT2D eigenvalue weighted by molar-refractivity contribution is 6.16. The van der Waals surface area contributed by atoms with Crippen LogP contribution in [-0.4, -0.2) is 17.5 Å². The van der Waals surface area contributed by atoms with Crippen molar-refractivity contribution in [1.29, 1.82) is 0 Å². The van der Waals surface area contributed by atoms with Crippen LogP contribution in [0.3, 0.4) is 0 Å². The Labute approximate surface area is 158 Å².